The Morgan fingerprint density at radius 3 is 2.11 bits per heavy atom. The summed E-state index contributed by atoms with van der Waals surface area (Å²) < 4.78 is 18.7. The molecule has 2 atom stereocenters. The van der Waals surface area contributed by atoms with Gasteiger partial charge < -0.3 is 14.2 Å². The second-order valence-corrected chi connectivity index (χ2v) is 8.24. The predicted octanol–water partition coefficient (Wildman–Crippen LogP) is 5.45. The Balaban J connectivity index is 1.46. The number of hydrogen-bond acceptors (Lipinski definition) is 3. The molecule has 0 radical (unpaired) electrons. The van der Waals surface area contributed by atoms with Crippen LogP contribution in [0.3, 0.4) is 0 Å². The van der Waals surface area contributed by atoms with E-state index in [1.807, 2.05) is 13.8 Å². The predicted molar refractivity (Wildman–Crippen MR) is 111 cm³/mol. The fraction of sp³-hybridized carbons (Fsp3) is 0.440. The zero-order chi connectivity index (χ0) is 19.4. The third-order valence-corrected chi connectivity index (χ3v) is 5.60. The van der Waals surface area contributed by atoms with E-state index >= 15 is 0 Å². The Hall–Kier alpha value is -2.10. The van der Waals surface area contributed by atoms with Crippen LogP contribution in [0.4, 0.5) is 0 Å². The maximum Gasteiger partial charge on any atom is 0.204 e. The van der Waals surface area contributed by atoms with E-state index < -0.39 is 5.79 Å². The van der Waals surface area contributed by atoms with Crippen LogP contribution in [0.1, 0.15) is 44.2 Å². The lowest BCUT2D eigenvalue weighted by Crippen LogP contribution is -2.42. The normalized spacial score (nSPS) is 23.8. The molecule has 0 bridgehead atoms. The van der Waals surface area contributed by atoms with E-state index in [1.54, 1.807) is 0 Å². The Morgan fingerprint density at radius 1 is 0.857 bits per heavy atom. The standard InChI is InChI=1S/C25H30O3/c1-25(2)26-18-22-23(16-14-20-11-7-4-8-12-20)27-21(17-24(22)28-25)15-13-19-9-5-3-6-10-19/h3-12,21,23H,13-18H2,1-2H3. The van der Waals surface area contributed by atoms with Gasteiger partial charge in [0.15, 0.2) is 0 Å². The van der Waals surface area contributed by atoms with Crippen LogP contribution in [0.2, 0.25) is 0 Å². The fourth-order valence-corrected chi connectivity index (χ4v) is 4.07. The van der Waals surface area contributed by atoms with Gasteiger partial charge in [-0.1, -0.05) is 60.7 Å². The Kier molecular flexibility index (Phi) is 5.84. The van der Waals surface area contributed by atoms with Gasteiger partial charge in [0.05, 0.1) is 18.8 Å². The first-order valence-corrected chi connectivity index (χ1v) is 10.4. The summed E-state index contributed by atoms with van der Waals surface area (Å²) in [5, 5.41) is 0. The molecule has 0 spiro atoms. The average molecular weight is 379 g/mol. The molecule has 2 aromatic carbocycles. The van der Waals surface area contributed by atoms with E-state index in [1.165, 1.54) is 16.7 Å². The molecule has 0 N–H and O–H groups in total. The van der Waals surface area contributed by atoms with E-state index in [2.05, 4.69) is 60.7 Å². The van der Waals surface area contributed by atoms with E-state index in [-0.39, 0.29) is 12.2 Å². The van der Waals surface area contributed by atoms with Gasteiger partial charge in [0.25, 0.3) is 0 Å². The van der Waals surface area contributed by atoms with Crippen molar-refractivity contribution in [1.82, 2.24) is 0 Å². The summed E-state index contributed by atoms with van der Waals surface area (Å²) in [4.78, 5) is 0. The number of rotatable bonds is 6. The van der Waals surface area contributed by atoms with Crippen molar-refractivity contribution in [2.75, 3.05) is 6.61 Å². The molecule has 4 rings (SSSR count). The number of ether oxygens (including phenoxy) is 3. The van der Waals surface area contributed by atoms with Crippen LogP contribution in [0.15, 0.2) is 72.0 Å². The highest BCUT2D eigenvalue weighted by molar-refractivity contribution is 5.23. The third kappa shape index (κ3) is 4.84. The molecule has 0 aliphatic carbocycles. The summed E-state index contributed by atoms with van der Waals surface area (Å²) in [6.45, 7) is 4.58. The van der Waals surface area contributed by atoms with Crippen LogP contribution >= 0.6 is 0 Å². The van der Waals surface area contributed by atoms with Crippen LogP contribution < -0.4 is 0 Å². The highest BCUT2D eigenvalue weighted by Gasteiger charge is 2.38. The summed E-state index contributed by atoms with van der Waals surface area (Å²) in [5.74, 6) is 0.544. The van der Waals surface area contributed by atoms with Crippen molar-refractivity contribution in [3.05, 3.63) is 83.1 Å². The second-order valence-electron chi connectivity index (χ2n) is 8.24. The molecular weight excluding hydrogens is 348 g/mol. The molecule has 3 nitrogen and oxygen atoms in total. The summed E-state index contributed by atoms with van der Waals surface area (Å²) >= 11 is 0. The van der Waals surface area contributed by atoms with Gasteiger partial charge in [-0.05, 0) is 36.8 Å². The van der Waals surface area contributed by atoms with Crippen molar-refractivity contribution in [1.29, 1.82) is 0 Å². The molecule has 0 fully saturated rings. The lowest BCUT2D eigenvalue weighted by Gasteiger charge is -2.41. The highest BCUT2D eigenvalue weighted by Crippen LogP contribution is 2.37. The zero-order valence-electron chi connectivity index (χ0n) is 16.9. The van der Waals surface area contributed by atoms with Crippen molar-refractivity contribution >= 4 is 0 Å². The third-order valence-electron chi connectivity index (χ3n) is 5.60. The molecule has 148 valence electrons. The van der Waals surface area contributed by atoms with Crippen molar-refractivity contribution in [2.24, 2.45) is 0 Å². The van der Waals surface area contributed by atoms with Gasteiger partial charge in [-0.25, -0.2) is 0 Å². The quantitative estimate of drug-likeness (QED) is 0.669. The minimum Gasteiger partial charge on any atom is -0.467 e. The molecular formula is C25H30O3. The SMILES string of the molecule is CC1(C)OCC2=C(CC(CCc3ccccc3)OC2CCc2ccccc2)O1. The molecule has 2 aliphatic rings. The second kappa shape index (κ2) is 8.50. The zero-order valence-corrected chi connectivity index (χ0v) is 16.9. The van der Waals surface area contributed by atoms with Crippen molar-refractivity contribution in [3.8, 4) is 0 Å². The lowest BCUT2D eigenvalue weighted by molar-refractivity contribution is -0.216. The summed E-state index contributed by atoms with van der Waals surface area (Å²) in [6, 6.07) is 21.3. The maximum absolute atomic E-state index is 6.55. The van der Waals surface area contributed by atoms with Crippen LogP contribution in [-0.4, -0.2) is 24.6 Å². The Morgan fingerprint density at radius 2 is 1.46 bits per heavy atom. The first-order chi connectivity index (χ1) is 13.6. The molecule has 2 unspecified atom stereocenters. The summed E-state index contributed by atoms with van der Waals surface area (Å²) in [6.07, 6.45) is 5.09. The van der Waals surface area contributed by atoms with Gasteiger partial charge in [-0.15, -0.1) is 0 Å². The van der Waals surface area contributed by atoms with Crippen molar-refractivity contribution in [2.45, 2.75) is 63.9 Å². The van der Waals surface area contributed by atoms with Gasteiger partial charge in [0.2, 0.25) is 5.79 Å². The minimum absolute atomic E-state index is 0.0702. The molecule has 3 heteroatoms. The maximum atomic E-state index is 6.55. The topological polar surface area (TPSA) is 27.7 Å². The van der Waals surface area contributed by atoms with Crippen LogP contribution in [0.5, 0.6) is 0 Å². The van der Waals surface area contributed by atoms with Crippen molar-refractivity contribution in [3.63, 3.8) is 0 Å². The van der Waals surface area contributed by atoms with Crippen LogP contribution in [0, 0.1) is 0 Å². The average Bonchev–Trinajstić information content (AvgIpc) is 2.71. The first kappa shape index (κ1) is 19.2. The monoisotopic (exact) mass is 378 g/mol. The van der Waals surface area contributed by atoms with E-state index in [0.29, 0.717) is 6.61 Å². The molecule has 0 saturated carbocycles. The van der Waals surface area contributed by atoms with Gasteiger partial charge in [0.1, 0.15) is 5.76 Å². The minimum atomic E-state index is -0.551. The lowest BCUT2D eigenvalue weighted by atomic mass is 9.93. The van der Waals surface area contributed by atoms with Gasteiger partial charge in [0, 0.05) is 25.8 Å². The molecule has 0 aromatic heterocycles. The molecule has 2 aliphatic heterocycles. The number of hydrogen-bond donors (Lipinski definition) is 0. The van der Waals surface area contributed by atoms with Crippen LogP contribution in [0.25, 0.3) is 0 Å². The van der Waals surface area contributed by atoms with E-state index in [0.717, 1.165) is 37.9 Å². The Labute approximate surface area is 168 Å². The summed E-state index contributed by atoms with van der Waals surface area (Å²) in [5.41, 5.74) is 3.91. The molecule has 0 saturated heterocycles. The van der Waals surface area contributed by atoms with Gasteiger partial charge in [-0.2, -0.15) is 0 Å². The first-order valence-electron chi connectivity index (χ1n) is 10.4. The number of benzene rings is 2. The summed E-state index contributed by atoms with van der Waals surface area (Å²) in [7, 11) is 0. The van der Waals surface area contributed by atoms with Gasteiger partial charge >= 0.3 is 0 Å². The van der Waals surface area contributed by atoms with Gasteiger partial charge in [-0.3, -0.25) is 0 Å². The molecule has 2 heterocycles. The highest BCUT2D eigenvalue weighted by atomic mass is 16.7. The Bertz CT molecular complexity index is 795. The largest absolute Gasteiger partial charge is 0.467 e. The number of aryl methyl sites for hydroxylation is 2. The van der Waals surface area contributed by atoms with Crippen LogP contribution in [-0.2, 0) is 27.1 Å². The fourth-order valence-electron chi connectivity index (χ4n) is 4.07. The molecule has 0 amide bonds. The van der Waals surface area contributed by atoms with E-state index in [4.69, 9.17) is 14.2 Å². The van der Waals surface area contributed by atoms with E-state index in [9.17, 15) is 0 Å². The molecule has 28 heavy (non-hydrogen) atoms. The smallest absolute Gasteiger partial charge is 0.204 e. The molecule has 2 aromatic rings. The van der Waals surface area contributed by atoms with Crippen molar-refractivity contribution < 1.29 is 14.2 Å².